The molecule has 170 valence electrons. The Morgan fingerprint density at radius 2 is 1.62 bits per heavy atom. The molecule has 0 aliphatic rings. The van der Waals surface area contributed by atoms with Crippen LogP contribution in [0.4, 0.5) is 24.9 Å². The van der Waals surface area contributed by atoms with Crippen molar-refractivity contribution < 1.29 is 22.6 Å². The highest BCUT2D eigenvalue weighted by Gasteiger charge is 2.31. The van der Waals surface area contributed by atoms with Crippen molar-refractivity contribution in [3.63, 3.8) is 0 Å². The fourth-order valence-corrected chi connectivity index (χ4v) is 2.90. The van der Waals surface area contributed by atoms with E-state index in [1.54, 1.807) is 19.2 Å². The van der Waals surface area contributed by atoms with Crippen LogP contribution in [0.15, 0.2) is 54.6 Å². The molecule has 2 N–H and O–H groups in total. The summed E-state index contributed by atoms with van der Waals surface area (Å²) in [6.07, 6.45) is -4.77. The van der Waals surface area contributed by atoms with E-state index in [1.165, 1.54) is 18.2 Å². The van der Waals surface area contributed by atoms with Crippen LogP contribution in [-0.4, -0.2) is 29.0 Å². The first-order valence-corrected chi connectivity index (χ1v) is 9.91. The van der Waals surface area contributed by atoms with E-state index < -0.39 is 6.36 Å². The van der Waals surface area contributed by atoms with Gasteiger partial charge in [0.05, 0.1) is 12.8 Å². The van der Waals surface area contributed by atoms with Crippen LogP contribution in [0.5, 0.6) is 11.5 Å². The lowest BCUT2D eigenvalue weighted by Gasteiger charge is -2.21. The molecule has 0 radical (unpaired) electrons. The van der Waals surface area contributed by atoms with Gasteiger partial charge in [-0.1, -0.05) is 24.3 Å². The highest BCUT2D eigenvalue weighted by atomic mass is 19.4. The summed E-state index contributed by atoms with van der Waals surface area (Å²) in [5.41, 5.74) is 1.59. The summed E-state index contributed by atoms with van der Waals surface area (Å²) in [6.45, 7) is 6.36. The third-order valence-corrected chi connectivity index (χ3v) is 4.18. The molecule has 0 fully saturated rings. The Balaban J connectivity index is 1.92. The van der Waals surface area contributed by atoms with Crippen LogP contribution < -0.4 is 20.1 Å². The Labute approximate surface area is 184 Å². The van der Waals surface area contributed by atoms with Crippen molar-refractivity contribution in [2.45, 2.75) is 39.2 Å². The third kappa shape index (κ3) is 7.04. The summed E-state index contributed by atoms with van der Waals surface area (Å²) in [7, 11) is 1.60. The fourth-order valence-electron chi connectivity index (χ4n) is 2.90. The van der Waals surface area contributed by atoms with Gasteiger partial charge in [0.1, 0.15) is 17.3 Å². The number of anilines is 2. The van der Waals surface area contributed by atoms with Gasteiger partial charge in [0, 0.05) is 23.7 Å². The molecule has 0 saturated heterocycles. The van der Waals surface area contributed by atoms with Gasteiger partial charge in [-0.05, 0) is 50.6 Å². The van der Waals surface area contributed by atoms with Gasteiger partial charge in [0.15, 0.2) is 0 Å². The maximum Gasteiger partial charge on any atom is 0.573 e. The zero-order valence-electron chi connectivity index (χ0n) is 18.2. The number of aromatic nitrogens is 2. The fraction of sp³-hybridized carbons (Fsp3) is 0.304. The SMILES string of the molecule is COc1cccc(CNc2cc(-c3cccc(OC(F)(F)F)c3)nc(NC(C)(C)C)n2)c1. The number of hydrogen-bond donors (Lipinski definition) is 2. The Morgan fingerprint density at radius 3 is 2.31 bits per heavy atom. The van der Waals surface area contributed by atoms with Gasteiger partial charge in [0.25, 0.3) is 0 Å². The molecular weight excluding hydrogens is 421 g/mol. The molecule has 0 atom stereocenters. The van der Waals surface area contributed by atoms with Crippen LogP contribution in [0.2, 0.25) is 0 Å². The molecule has 0 bridgehead atoms. The summed E-state index contributed by atoms with van der Waals surface area (Å²) in [6, 6.07) is 15.0. The van der Waals surface area contributed by atoms with Crippen molar-refractivity contribution in [1.82, 2.24) is 9.97 Å². The van der Waals surface area contributed by atoms with Gasteiger partial charge in [-0.2, -0.15) is 4.98 Å². The Bertz CT molecular complexity index is 1070. The molecule has 9 heteroatoms. The molecule has 0 amide bonds. The zero-order valence-corrected chi connectivity index (χ0v) is 18.2. The van der Waals surface area contributed by atoms with E-state index >= 15 is 0 Å². The number of nitrogens with zero attached hydrogens (tertiary/aromatic N) is 2. The lowest BCUT2D eigenvalue weighted by atomic mass is 10.1. The van der Waals surface area contributed by atoms with Gasteiger partial charge >= 0.3 is 6.36 Å². The molecule has 6 nitrogen and oxygen atoms in total. The number of benzene rings is 2. The van der Waals surface area contributed by atoms with Crippen LogP contribution in [0.25, 0.3) is 11.3 Å². The van der Waals surface area contributed by atoms with Gasteiger partial charge in [-0.25, -0.2) is 4.98 Å². The summed E-state index contributed by atoms with van der Waals surface area (Å²) >= 11 is 0. The summed E-state index contributed by atoms with van der Waals surface area (Å²) in [4.78, 5) is 9.00. The summed E-state index contributed by atoms with van der Waals surface area (Å²) in [5, 5.41) is 6.45. The normalized spacial score (nSPS) is 11.7. The van der Waals surface area contributed by atoms with Gasteiger partial charge in [-0.3, -0.25) is 0 Å². The number of methoxy groups -OCH3 is 1. The minimum absolute atomic E-state index is 0.315. The van der Waals surface area contributed by atoms with Crippen molar-refractivity contribution in [2.24, 2.45) is 0 Å². The minimum atomic E-state index is -4.77. The van der Waals surface area contributed by atoms with Crippen LogP contribution in [0, 0.1) is 0 Å². The average Bonchev–Trinajstić information content (AvgIpc) is 2.70. The molecule has 0 aliphatic heterocycles. The molecule has 1 heterocycles. The molecule has 0 aliphatic carbocycles. The average molecular weight is 446 g/mol. The Kier molecular flexibility index (Phi) is 6.76. The first-order valence-electron chi connectivity index (χ1n) is 9.91. The summed E-state index contributed by atoms with van der Waals surface area (Å²) < 4.78 is 47.2. The maximum absolute atomic E-state index is 12.6. The maximum atomic E-state index is 12.6. The topological polar surface area (TPSA) is 68.3 Å². The Morgan fingerprint density at radius 1 is 0.906 bits per heavy atom. The second-order valence-corrected chi connectivity index (χ2v) is 8.12. The molecule has 32 heavy (non-hydrogen) atoms. The molecule has 3 rings (SSSR count). The molecule has 0 saturated carbocycles. The van der Waals surface area contributed by atoms with Crippen LogP contribution in [0.1, 0.15) is 26.3 Å². The van der Waals surface area contributed by atoms with Crippen LogP contribution in [-0.2, 0) is 6.54 Å². The predicted molar refractivity (Wildman–Crippen MR) is 118 cm³/mol. The van der Waals surface area contributed by atoms with E-state index in [-0.39, 0.29) is 11.3 Å². The van der Waals surface area contributed by atoms with Crippen molar-refractivity contribution in [3.05, 3.63) is 60.2 Å². The van der Waals surface area contributed by atoms with Crippen LogP contribution >= 0.6 is 0 Å². The van der Waals surface area contributed by atoms with E-state index in [0.29, 0.717) is 29.6 Å². The smallest absolute Gasteiger partial charge is 0.497 e. The molecule has 0 unspecified atom stereocenters. The van der Waals surface area contributed by atoms with Crippen molar-refractivity contribution in [2.75, 3.05) is 17.7 Å². The second-order valence-electron chi connectivity index (χ2n) is 8.12. The molecular formula is C23H25F3N4O2. The number of nitrogens with one attached hydrogen (secondary N) is 2. The second kappa shape index (κ2) is 9.33. The van der Waals surface area contributed by atoms with Crippen molar-refractivity contribution in [1.29, 1.82) is 0 Å². The van der Waals surface area contributed by atoms with Crippen molar-refractivity contribution in [3.8, 4) is 22.8 Å². The number of ether oxygens (including phenoxy) is 2. The lowest BCUT2D eigenvalue weighted by molar-refractivity contribution is -0.274. The summed E-state index contributed by atoms with van der Waals surface area (Å²) in [5.74, 6) is 1.30. The molecule has 2 aromatic carbocycles. The largest absolute Gasteiger partial charge is 0.573 e. The first kappa shape index (κ1) is 23.2. The number of alkyl halides is 3. The third-order valence-electron chi connectivity index (χ3n) is 4.18. The van der Waals surface area contributed by atoms with E-state index in [2.05, 4.69) is 25.3 Å². The monoisotopic (exact) mass is 446 g/mol. The number of halogens is 3. The highest BCUT2D eigenvalue weighted by Crippen LogP contribution is 2.29. The lowest BCUT2D eigenvalue weighted by Crippen LogP contribution is -2.27. The van der Waals surface area contributed by atoms with E-state index in [4.69, 9.17) is 4.74 Å². The molecule has 3 aromatic rings. The van der Waals surface area contributed by atoms with Crippen LogP contribution in [0.3, 0.4) is 0 Å². The predicted octanol–water partition coefficient (Wildman–Crippen LogP) is 5.87. The van der Waals surface area contributed by atoms with Gasteiger partial charge in [0.2, 0.25) is 5.95 Å². The number of rotatable bonds is 7. The van der Waals surface area contributed by atoms with E-state index in [1.807, 2.05) is 45.0 Å². The Hall–Kier alpha value is -3.49. The number of hydrogen-bond acceptors (Lipinski definition) is 6. The zero-order chi connectivity index (χ0) is 23.4. The van der Waals surface area contributed by atoms with Gasteiger partial charge < -0.3 is 20.1 Å². The quantitative estimate of drug-likeness (QED) is 0.473. The molecule has 1 aromatic heterocycles. The highest BCUT2D eigenvalue weighted by molar-refractivity contribution is 5.66. The molecule has 0 spiro atoms. The van der Waals surface area contributed by atoms with Crippen molar-refractivity contribution >= 4 is 11.8 Å². The minimum Gasteiger partial charge on any atom is -0.497 e. The van der Waals surface area contributed by atoms with E-state index in [0.717, 1.165) is 11.3 Å². The van der Waals surface area contributed by atoms with E-state index in [9.17, 15) is 13.2 Å². The first-order chi connectivity index (χ1) is 15.0. The standard InChI is InChI=1S/C23H25F3N4O2/c1-22(2,3)30-21-28-19(16-8-6-10-18(12-16)32-23(24,25)26)13-20(29-21)27-14-15-7-5-9-17(11-15)31-4/h5-13H,14H2,1-4H3,(H2,27,28,29,30). The van der Waals surface area contributed by atoms with Gasteiger partial charge in [-0.15, -0.1) is 13.2 Å².